The summed E-state index contributed by atoms with van der Waals surface area (Å²) in [6.45, 7) is 0. The first kappa shape index (κ1) is 13.6. The van der Waals surface area contributed by atoms with Crippen molar-refractivity contribution in [1.29, 1.82) is 0 Å². The standard InChI is InChI=1S/C13H16N2O3S/c1-16-11-4-3-9(5-12(11)17-2)7-19-8-10-6-13(14)15-18-10/h3-6H,7-8H2,1-2H3,(H2,14,15). The first-order chi connectivity index (χ1) is 9.22. The Balaban J connectivity index is 1.92. The van der Waals surface area contributed by atoms with Gasteiger partial charge in [0.2, 0.25) is 0 Å². The quantitative estimate of drug-likeness (QED) is 0.877. The number of hydrogen-bond acceptors (Lipinski definition) is 6. The minimum Gasteiger partial charge on any atom is -0.493 e. The number of ether oxygens (including phenoxy) is 2. The van der Waals surface area contributed by atoms with Crippen LogP contribution in [0.4, 0.5) is 5.82 Å². The van der Waals surface area contributed by atoms with Crippen molar-refractivity contribution in [3.8, 4) is 11.5 Å². The lowest BCUT2D eigenvalue weighted by atomic mass is 10.2. The van der Waals surface area contributed by atoms with E-state index in [1.54, 1.807) is 32.0 Å². The molecule has 0 bridgehead atoms. The molecule has 1 aromatic heterocycles. The van der Waals surface area contributed by atoms with Gasteiger partial charge in [0.05, 0.1) is 20.0 Å². The second-order valence-electron chi connectivity index (χ2n) is 3.90. The number of aromatic nitrogens is 1. The molecule has 6 heteroatoms. The molecule has 19 heavy (non-hydrogen) atoms. The molecule has 0 saturated carbocycles. The van der Waals surface area contributed by atoms with Crippen LogP contribution in [0.1, 0.15) is 11.3 Å². The molecule has 2 N–H and O–H groups in total. The van der Waals surface area contributed by atoms with Gasteiger partial charge < -0.3 is 19.7 Å². The number of benzene rings is 1. The van der Waals surface area contributed by atoms with Crippen molar-refractivity contribution in [2.24, 2.45) is 0 Å². The highest BCUT2D eigenvalue weighted by Crippen LogP contribution is 2.29. The topological polar surface area (TPSA) is 70.5 Å². The van der Waals surface area contributed by atoms with E-state index < -0.39 is 0 Å². The third-order valence-electron chi connectivity index (χ3n) is 2.54. The molecule has 0 aliphatic heterocycles. The van der Waals surface area contributed by atoms with Crippen LogP contribution in [-0.2, 0) is 11.5 Å². The number of hydrogen-bond donors (Lipinski definition) is 1. The average Bonchev–Trinajstić information content (AvgIpc) is 2.84. The Kier molecular flexibility index (Phi) is 4.57. The van der Waals surface area contributed by atoms with Gasteiger partial charge >= 0.3 is 0 Å². The molecule has 0 spiro atoms. The molecule has 0 fully saturated rings. The number of thioether (sulfide) groups is 1. The Morgan fingerprint density at radius 2 is 1.95 bits per heavy atom. The Morgan fingerprint density at radius 1 is 1.16 bits per heavy atom. The van der Waals surface area contributed by atoms with E-state index in [2.05, 4.69) is 5.16 Å². The van der Waals surface area contributed by atoms with E-state index in [9.17, 15) is 0 Å². The van der Waals surface area contributed by atoms with E-state index in [-0.39, 0.29) is 0 Å². The molecular formula is C13H16N2O3S. The van der Waals surface area contributed by atoms with Crippen LogP contribution in [0.15, 0.2) is 28.8 Å². The lowest BCUT2D eigenvalue weighted by Crippen LogP contribution is -1.92. The normalized spacial score (nSPS) is 10.4. The van der Waals surface area contributed by atoms with Crippen molar-refractivity contribution < 1.29 is 14.0 Å². The Morgan fingerprint density at radius 3 is 2.58 bits per heavy atom. The minimum atomic E-state index is 0.418. The van der Waals surface area contributed by atoms with E-state index in [1.165, 1.54) is 0 Å². The molecule has 0 aliphatic carbocycles. The van der Waals surface area contributed by atoms with Crippen LogP contribution in [0, 0.1) is 0 Å². The number of nitrogens with zero attached hydrogens (tertiary/aromatic N) is 1. The first-order valence-electron chi connectivity index (χ1n) is 5.72. The summed E-state index contributed by atoms with van der Waals surface area (Å²) < 4.78 is 15.5. The van der Waals surface area contributed by atoms with Gasteiger partial charge in [0.25, 0.3) is 0 Å². The summed E-state index contributed by atoms with van der Waals surface area (Å²) in [5.41, 5.74) is 6.65. The smallest absolute Gasteiger partial charge is 0.167 e. The predicted molar refractivity (Wildman–Crippen MR) is 75.5 cm³/mol. The maximum Gasteiger partial charge on any atom is 0.167 e. The van der Waals surface area contributed by atoms with Gasteiger partial charge in [-0.3, -0.25) is 0 Å². The van der Waals surface area contributed by atoms with Crippen LogP contribution in [-0.4, -0.2) is 19.4 Å². The first-order valence-corrected chi connectivity index (χ1v) is 6.88. The lowest BCUT2D eigenvalue weighted by Gasteiger charge is -2.09. The molecular weight excluding hydrogens is 264 g/mol. The maximum absolute atomic E-state index is 5.49. The van der Waals surface area contributed by atoms with Gasteiger partial charge in [-0.2, -0.15) is 0 Å². The van der Waals surface area contributed by atoms with Gasteiger partial charge in [-0.15, -0.1) is 11.8 Å². The van der Waals surface area contributed by atoms with Crippen LogP contribution in [0.5, 0.6) is 11.5 Å². The highest BCUT2D eigenvalue weighted by atomic mass is 32.2. The van der Waals surface area contributed by atoms with Crippen molar-refractivity contribution >= 4 is 17.6 Å². The zero-order valence-electron chi connectivity index (χ0n) is 10.9. The summed E-state index contributed by atoms with van der Waals surface area (Å²) in [5.74, 6) is 4.26. The summed E-state index contributed by atoms with van der Waals surface area (Å²) in [4.78, 5) is 0. The predicted octanol–water partition coefficient (Wildman–Crippen LogP) is 2.71. The van der Waals surface area contributed by atoms with E-state index in [0.29, 0.717) is 5.82 Å². The van der Waals surface area contributed by atoms with Crippen LogP contribution >= 0.6 is 11.8 Å². The summed E-state index contributed by atoms with van der Waals surface area (Å²) >= 11 is 1.72. The molecule has 102 valence electrons. The highest BCUT2D eigenvalue weighted by Gasteiger charge is 2.06. The molecule has 0 unspecified atom stereocenters. The number of methoxy groups -OCH3 is 2. The highest BCUT2D eigenvalue weighted by molar-refractivity contribution is 7.97. The van der Waals surface area contributed by atoms with Gasteiger partial charge in [-0.1, -0.05) is 11.2 Å². The fourth-order valence-electron chi connectivity index (χ4n) is 1.64. The van der Waals surface area contributed by atoms with Crippen LogP contribution in [0.2, 0.25) is 0 Å². The van der Waals surface area contributed by atoms with Gasteiger partial charge in [-0.25, -0.2) is 0 Å². The van der Waals surface area contributed by atoms with Gasteiger partial charge in [0.15, 0.2) is 17.3 Å². The molecule has 0 aliphatic rings. The van der Waals surface area contributed by atoms with Crippen molar-refractivity contribution in [3.05, 3.63) is 35.6 Å². The molecule has 0 amide bonds. The Hall–Kier alpha value is -1.82. The second kappa shape index (κ2) is 6.38. The van der Waals surface area contributed by atoms with Crippen molar-refractivity contribution in [2.45, 2.75) is 11.5 Å². The number of rotatable bonds is 6. The third kappa shape index (κ3) is 3.57. The lowest BCUT2D eigenvalue weighted by molar-refractivity contribution is 0.354. The molecule has 1 heterocycles. The molecule has 0 saturated heterocycles. The molecule has 1 aromatic carbocycles. The minimum absolute atomic E-state index is 0.418. The van der Waals surface area contributed by atoms with Crippen molar-refractivity contribution in [2.75, 3.05) is 20.0 Å². The van der Waals surface area contributed by atoms with Gasteiger partial charge in [0.1, 0.15) is 5.76 Å². The molecule has 0 radical (unpaired) electrons. The van der Waals surface area contributed by atoms with E-state index >= 15 is 0 Å². The molecule has 2 rings (SSSR count). The van der Waals surface area contributed by atoms with Crippen molar-refractivity contribution in [1.82, 2.24) is 5.16 Å². The summed E-state index contributed by atoms with van der Waals surface area (Å²) in [6.07, 6.45) is 0. The SMILES string of the molecule is COc1ccc(CSCc2cc(N)no2)cc1OC. The van der Waals surface area contributed by atoms with E-state index in [0.717, 1.165) is 34.3 Å². The second-order valence-corrected chi connectivity index (χ2v) is 4.89. The van der Waals surface area contributed by atoms with E-state index in [1.807, 2.05) is 18.2 Å². The zero-order chi connectivity index (χ0) is 13.7. The molecule has 0 atom stereocenters. The molecule has 5 nitrogen and oxygen atoms in total. The Bertz CT molecular complexity index is 542. The zero-order valence-corrected chi connectivity index (χ0v) is 11.7. The largest absolute Gasteiger partial charge is 0.493 e. The fourth-order valence-corrected chi connectivity index (χ4v) is 2.49. The maximum atomic E-state index is 5.49. The fraction of sp³-hybridized carbons (Fsp3) is 0.308. The number of nitrogens with two attached hydrogens (primary N) is 1. The molecule has 2 aromatic rings. The average molecular weight is 280 g/mol. The third-order valence-corrected chi connectivity index (χ3v) is 3.56. The summed E-state index contributed by atoms with van der Waals surface area (Å²) in [7, 11) is 3.26. The Labute approximate surface area is 116 Å². The number of nitrogen functional groups attached to an aromatic ring is 1. The van der Waals surface area contributed by atoms with Gasteiger partial charge in [0, 0.05) is 11.8 Å². The van der Waals surface area contributed by atoms with Crippen LogP contribution in [0.3, 0.4) is 0 Å². The summed E-state index contributed by atoms with van der Waals surface area (Å²) in [5, 5.41) is 3.65. The van der Waals surface area contributed by atoms with E-state index in [4.69, 9.17) is 19.7 Å². The summed E-state index contributed by atoms with van der Waals surface area (Å²) in [6, 6.07) is 7.63. The van der Waals surface area contributed by atoms with Crippen molar-refractivity contribution in [3.63, 3.8) is 0 Å². The van der Waals surface area contributed by atoms with Crippen LogP contribution < -0.4 is 15.2 Å². The number of anilines is 1. The van der Waals surface area contributed by atoms with Crippen LogP contribution in [0.25, 0.3) is 0 Å². The van der Waals surface area contributed by atoms with Gasteiger partial charge in [-0.05, 0) is 17.7 Å². The monoisotopic (exact) mass is 280 g/mol.